The fourth-order valence-electron chi connectivity index (χ4n) is 2.23. The van der Waals surface area contributed by atoms with Crippen molar-refractivity contribution in [2.24, 2.45) is 0 Å². The van der Waals surface area contributed by atoms with Crippen molar-refractivity contribution in [3.63, 3.8) is 0 Å². The highest BCUT2D eigenvalue weighted by molar-refractivity contribution is 6.52. The summed E-state index contributed by atoms with van der Waals surface area (Å²) in [5.74, 6) is 0. The summed E-state index contributed by atoms with van der Waals surface area (Å²) in [6, 6.07) is 0. The first-order valence-corrected chi connectivity index (χ1v) is 10.3. The van der Waals surface area contributed by atoms with Gasteiger partial charge in [0.15, 0.2) is 0 Å². The van der Waals surface area contributed by atoms with E-state index >= 15 is 0 Å². The molecule has 0 aliphatic heterocycles. The molecule has 0 fully saturated rings. The van der Waals surface area contributed by atoms with Crippen LogP contribution in [-0.2, 0) is 0 Å². The van der Waals surface area contributed by atoms with E-state index < -0.39 is 8.96 Å². The van der Waals surface area contributed by atoms with Crippen molar-refractivity contribution in [2.45, 2.75) is 78.3 Å². The van der Waals surface area contributed by atoms with Crippen LogP contribution in [0.2, 0.25) is 13.1 Å². The van der Waals surface area contributed by atoms with Crippen LogP contribution >= 0.6 is 0 Å². The predicted octanol–water partition coefficient (Wildman–Crippen LogP) is 4.43. The summed E-state index contributed by atoms with van der Waals surface area (Å²) in [5, 5.41) is 0. The highest BCUT2D eigenvalue weighted by Gasteiger charge is 2.06. The van der Waals surface area contributed by atoms with Crippen molar-refractivity contribution in [2.75, 3.05) is 13.1 Å². The molecule has 0 radical (unpaired) electrons. The van der Waals surface area contributed by atoms with E-state index in [0.29, 0.717) is 0 Å². The largest absolute Gasteiger partial charge is 0.327 e. The normalized spacial score (nSPS) is 11.6. The Bertz CT molecular complexity index is 137. The van der Waals surface area contributed by atoms with Crippen LogP contribution in [0.3, 0.4) is 0 Å². The van der Waals surface area contributed by atoms with Gasteiger partial charge in [-0.2, -0.15) is 0 Å². The maximum Gasteiger partial charge on any atom is 0.105 e. The molecule has 0 rings (SSSR count). The highest BCUT2D eigenvalue weighted by atomic mass is 28.3. The number of hydrogen-bond acceptors (Lipinski definition) is 1. The molecule has 0 amide bonds. The first-order valence-electron chi connectivity index (χ1n) is 7.46. The second kappa shape index (κ2) is 11.7. The van der Waals surface area contributed by atoms with E-state index in [9.17, 15) is 0 Å². The van der Waals surface area contributed by atoms with Crippen LogP contribution < -0.4 is 0 Å². The van der Waals surface area contributed by atoms with Crippen molar-refractivity contribution in [3.05, 3.63) is 0 Å². The van der Waals surface area contributed by atoms with Crippen LogP contribution in [0.4, 0.5) is 0 Å². The Hall–Kier alpha value is 0.177. The third-order valence-electron chi connectivity index (χ3n) is 3.44. The molecule has 98 valence electrons. The average Bonchev–Trinajstić information content (AvgIpc) is 2.26. The van der Waals surface area contributed by atoms with Crippen LogP contribution in [0.5, 0.6) is 0 Å². The lowest BCUT2D eigenvalue weighted by Gasteiger charge is -2.23. The van der Waals surface area contributed by atoms with Gasteiger partial charge in [0.1, 0.15) is 8.96 Å². The van der Waals surface area contributed by atoms with Crippen molar-refractivity contribution in [3.8, 4) is 0 Å². The van der Waals surface area contributed by atoms with Crippen LogP contribution in [-0.4, -0.2) is 26.6 Å². The SMILES string of the molecule is CCCCCCCCCCN(CC)[SiH](C)C. The summed E-state index contributed by atoms with van der Waals surface area (Å²) >= 11 is 0. The van der Waals surface area contributed by atoms with Crippen molar-refractivity contribution >= 4 is 8.96 Å². The fourth-order valence-corrected chi connectivity index (χ4v) is 3.66. The first-order chi connectivity index (χ1) is 7.72. The summed E-state index contributed by atoms with van der Waals surface area (Å²) in [4.78, 5) is 0. The third kappa shape index (κ3) is 9.41. The molecule has 0 aliphatic carbocycles. The molecule has 0 unspecified atom stereocenters. The van der Waals surface area contributed by atoms with E-state index in [1.165, 1.54) is 64.5 Å². The number of hydrogen-bond donors (Lipinski definition) is 0. The molecule has 0 spiro atoms. The molecule has 0 N–H and O–H groups in total. The summed E-state index contributed by atoms with van der Waals surface area (Å²) in [7, 11) is -0.526. The monoisotopic (exact) mass is 243 g/mol. The van der Waals surface area contributed by atoms with E-state index in [4.69, 9.17) is 0 Å². The smallest absolute Gasteiger partial charge is 0.105 e. The predicted molar refractivity (Wildman–Crippen MR) is 78.7 cm³/mol. The minimum absolute atomic E-state index is 0.526. The van der Waals surface area contributed by atoms with Gasteiger partial charge in [-0.1, -0.05) is 71.9 Å². The van der Waals surface area contributed by atoms with Gasteiger partial charge in [0.2, 0.25) is 0 Å². The van der Waals surface area contributed by atoms with Gasteiger partial charge < -0.3 is 4.57 Å². The lowest BCUT2D eigenvalue weighted by atomic mass is 10.1. The average molecular weight is 244 g/mol. The van der Waals surface area contributed by atoms with Crippen LogP contribution in [0, 0.1) is 0 Å². The molecule has 0 heterocycles. The van der Waals surface area contributed by atoms with Crippen LogP contribution in [0.25, 0.3) is 0 Å². The van der Waals surface area contributed by atoms with E-state index in [-0.39, 0.29) is 0 Å². The van der Waals surface area contributed by atoms with E-state index in [2.05, 4.69) is 31.5 Å². The highest BCUT2D eigenvalue weighted by Crippen LogP contribution is 2.09. The Labute approximate surface area is 105 Å². The van der Waals surface area contributed by atoms with Gasteiger partial charge in [0, 0.05) is 0 Å². The number of rotatable bonds is 11. The molecule has 1 nitrogen and oxygen atoms in total. The zero-order valence-electron chi connectivity index (χ0n) is 12.1. The van der Waals surface area contributed by atoms with Crippen molar-refractivity contribution < 1.29 is 0 Å². The molecule has 0 saturated heterocycles. The maximum atomic E-state index is 2.71. The molecule has 0 saturated carbocycles. The summed E-state index contributed by atoms with van der Waals surface area (Å²) in [6.45, 7) is 12.1. The second-order valence-corrected chi connectivity index (χ2v) is 8.12. The van der Waals surface area contributed by atoms with Gasteiger partial charge >= 0.3 is 0 Å². The van der Waals surface area contributed by atoms with Gasteiger partial charge in [0.05, 0.1) is 0 Å². The minimum atomic E-state index is -0.526. The summed E-state index contributed by atoms with van der Waals surface area (Å²) < 4.78 is 2.71. The quantitative estimate of drug-likeness (QED) is 0.383. The molecule has 0 aliphatic rings. The maximum absolute atomic E-state index is 2.71. The molecule has 0 aromatic carbocycles. The Balaban J connectivity index is 3.19. The zero-order chi connectivity index (χ0) is 12.2. The molecule has 0 aromatic rings. The van der Waals surface area contributed by atoms with Gasteiger partial charge in [-0.25, -0.2) is 0 Å². The van der Waals surface area contributed by atoms with Crippen molar-refractivity contribution in [1.82, 2.24) is 4.57 Å². The molecular weight excluding hydrogens is 210 g/mol. The number of nitrogens with zero attached hydrogens (tertiary/aromatic N) is 1. The molecular formula is C14H33NSi. The number of unbranched alkanes of at least 4 members (excludes halogenated alkanes) is 7. The summed E-state index contributed by atoms with van der Waals surface area (Å²) in [6.07, 6.45) is 11.5. The molecule has 2 heteroatoms. The fraction of sp³-hybridized carbons (Fsp3) is 1.00. The van der Waals surface area contributed by atoms with E-state index in [0.717, 1.165) is 0 Å². The van der Waals surface area contributed by atoms with Gasteiger partial charge in [-0.3, -0.25) is 0 Å². The van der Waals surface area contributed by atoms with E-state index in [1.807, 2.05) is 0 Å². The molecule has 0 atom stereocenters. The van der Waals surface area contributed by atoms with Crippen LogP contribution in [0.1, 0.15) is 65.2 Å². The standard InChI is InChI=1S/C14H33NSi/c1-5-7-8-9-10-11-12-13-14-15(6-2)16(3)4/h16H,5-14H2,1-4H3. The molecule has 16 heavy (non-hydrogen) atoms. The Morgan fingerprint density at radius 1 is 0.750 bits per heavy atom. The van der Waals surface area contributed by atoms with E-state index in [1.54, 1.807) is 0 Å². The minimum Gasteiger partial charge on any atom is -0.327 e. The Morgan fingerprint density at radius 3 is 1.69 bits per heavy atom. The third-order valence-corrected chi connectivity index (χ3v) is 5.52. The second-order valence-electron chi connectivity index (χ2n) is 5.20. The van der Waals surface area contributed by atoms with Crippen molar-refractivity contribution in [1.29, 1.82) is 0 Å². The van der Waals surface area contributed by atoms with Crippen LogP contribution in [0.15, 0.2) is 0 Å². The zero-order valence-corrected chi connectivity index (χ0v) is 13.3. The van der Waals surface area contributed by atoms with Gasteiger partial charge in [0.25, 0.3) is 0 Å². The lowest BCUT2D eigenvalue weighted by Crippen LogP contribution is -2.35. The van der Waals surface area contributed by atoms with Gasteiger partial charge in [-0.15, -0.1) is 0 Å². The molecule has 0 aromatic heterocycles. The Morgan fingerprint density at radius 2 is 1.25 bits per heavy atom. The molecule has 0 bridgehead atoms. The lowest BCUT2D eigenvalue weighted by molar-refractivity contribution is 0.431. The van der Waals surface area contributed by atoms with Gasteiger partial charge in [-0.05, 0) is 19.5 Å². The topological polar surface area (TPSA) is 3.24 Å². The first kappa shape index (κ1) is 16.2. The Kier molecular flexibility index (Phi) is 11.8. The summed E-state index contributed by atoms with van der Waals surface area (Å²) in [5.41, 5.74) is 0.